The summed E-state index contributed by atoms with van der Waals surface area (Å²) in [6, 6.07) is 0. The van der Waals surface area contributed by atoms with Crippen molar-refractivity contribution in [3.8, 4) is 0 Å². The maximum absolute atomic E-state index is 4.23. The monoisotopic (exact) mass is 398 g/mol. The van der Waals surface area contributed by atoms with Crippen LogP contribution >= 0.6 is 24.0 Å². The van der Waals surface area contributed by atoms with Crippen LogP contribution in [0.5, 0.6) is 0 Å². The Morgan fingerprint density at radius 1 is 0.900 bits per heavy atom. The molecule has 0 unspecified atom stereocenters. The summed E-state index contributed by atoms with van der Waals surface area (Å²) in [6.45, 7) is 12.2. The van der Waals surface area contributed by atoms with Crippen molar-refractivity contribution in [2.75, 3.05) is 39.8 Å². The Bertz CT molecular complexity index is 218. The van der Waals surface area contributed by atoms with Crippen LogP contribution in [0.1, 0.15) is 52.9 Å². The van der Waals surface area contributed by atoms with E-state index in [-0.39, 0.29) is 24.0 Å². The molecule has 0 bridgehead atoms. The number of aliphatic imine (C=N–C) groups is 1. The normalized spacial score (nSPS) is 11.3. The minimum absolute atomic E-state index is 0. The zero-order valence-corrected chi connectivity index (χ0v) is 16.2. The van der Waals surface area contributed by atoms with Gasteiger partial charge < -0.3 is 15.5 Å². The predicted octanol–water partition coefficient (Wildman–Crippen LogP) is 3.08. The molecule has 0 saturated heterocycles. The maximum Gasteiger partial charge on any atom is 0.190 e. The number of hydrogen-bond donors (Lipinski definition) is 2. The summed E-state index contributed by atoms with van der Waals surface area (Å²) < 4.78 is 0. The van der Waals surface area contributed by atoms with Gasteiger partial charge in [0.25, 0.3) is 0 Å². The number of nitrogens with zero attached hydrogens (tertiary/aromatic N) is 2. The molecular weight excluding hydrogens is 363 g/mol. The molecule has 4 nitrogen and oxygen atoms in total. The summed E-state index contributed by atoms with van der Waals surface area (Å²) >= 11 is 0. The zero-order chi connectivity index (χ0) is 14.3. The van der Waals surface area contributed by atoms with E-state index in [0.29, 0.717) is 0 Å². The van der Waals surface area contributed by atoms with Crippen molar-refractivity contribution in [2.45, 2.75) is 52.9 Å². The highest BCUT2D eigenvalue weighted by Crippen LogP contribution is 1.94. The zero-order valence-electron chi connectivity index (χ0n) is 13.9. The van der Waals surface area contributed by atoms with Crippen LogP contribution in [-0.2, 0) is 0 Å². The summed E-state index contributed by atoms with van der Waals surface area (Å²) in [5.41, 5.74) is 0. The second-order valence-corrected chi connectivity index (χ2v) is 4.87. The molecule has 0 aromatic carbocycles. The average Bonchev–Trinajstić information content (AvgIpc) is 2.45. The van der Waals surface area contributed by atoms with E-state index in [1.165, 1.54) is 38.6 Å². The van der Waals surface area contributed by atoms with Gasteiger partial charge in [-0.15, -0.1) is 24.0 Å². The van der Waals surface area contributed by atoms with Crippen molar-refractivity contribution in [1.82, 2.24) is 15.5 Å². The van der Waals surface area contributed by atoms with Crippen LogP contribution in [0.4, 0.5) is 0 Å². The maximum atomic E-state index is 4.23. The van der Waals surface area contributed by atoms with Gasteiger partial charge in [-0.05, 0) is 38.9 Å². The summed E-state index contributed by atoms with van der Waals surface area (Å²) in [5.74, 6) is 0.943. The fraction of sp³-hybridized carbons (Fsp3) is 0.933. The Kier molecular flexibility index (Phi) is 18.9. The minimum Gasteiger partial charge on any atom is -0.356 e. The predicted molar refractivity (Wildman–Crippen MR) is 101 cm³/mol. The lowest BCUT2D eigenvalue weighted by molar-refractivity contribution is 0.297. The highest BCUT2D eigenvalue weighted by molar-refractivity contribution is 14.0. The van der Waals surface area contributed by atoms with Gasteiger partial charge in [-0.2, -0.15) is 0 Å². The first-order valence-corrected chi connectivity index (χ1v) is 7.95. The van der Waals surface area contributed by atoms with E-state index in [2.05, 4.69) is 41.3 Å². The van der Waals surface area contributed by atoms with Crippen molar-refractivity contribution in [1.29, 1.82) is 0 Å². The molecule has 20 heavy (non-hydrogen) atoms. The van der Waals surface area contributed by atoms with E-state index in [9.17, 15) is 0 Å². The van der Waals surface area contributed by atoms with Crippen LogP contribution in [-0.4, -0.2) is 50.6 Å². The fourth-order valence-electron chi connectivity index (χ4n) is 2.01. The molecule has 0 heterocycles. The van der Waals surface area contributed by atoms with Crippen LogP contribution in [0.15, 0.2) is 4.99 Å². The van der Waals surface area contributed by atoms with Gasteiger partial charge in [0.15, 0.2) is 5.96 Å². The Morgan fingerprint density at radius 3 is 1.90 bits per heavy atom. The Hall–Kier alpha value is -0.0400. The molecule has 5 heteroatoms. The van der Waals surface area contributed by atoms with Crippen molar-refractivity contribution >= 4 is 29.9 Å². The summed E-state index contributed by atoms with van der Waals surface area (Å²) in [7, 11) is 1.84. The van der Waals surface area contributed by atoms with Crippen LogP contribution in [0.3, 0.4) is 0 Å². The number of hydrogen-bond acceptors (Lipinski definition) is 2. The number of unbranched alkanes of at least 4 members (excludes halogenated alkanes) is 3. The standard InChI is InChI=1S/C15H34N4.HI/c1-5-8-9-12-17-15(16-4)18-13-10-11-14-19(6-2)7-3;/h5-14H2,1-4H3,(H2,16,17,18);1H. The van der Waals surface area contributed by atoms with Gasteiger partial charge in [0.1, 0.15) is 0 Å². The SMILES string of the molecule is CCCCCNC(=NC)NCCCCN(CC)CC.I. The molecule has 0 spiro atoms. The molecule has 0 aliphatic carbocycles. The molecule has 0 rings (SSSR count). The van der Waals surface area contributed by atoms with E-state index in [0.717, 1.165) is 32.1 Å². The Morgan fingerprint density at radius 2 is 1.45 bits per heavy atom. The molecule has 122 valence electrons. The summed E-state index contributed by atoms with van der Waals surface area (Å²) in [4.78, 5) is 6.70. The third-order valence-corrected chi connectivity index (χ3v) is 3.38. The van der Waals surface area contributed by atoms with Gasteiger partial charge in [-0.25, -0.2) is 0 Å². The van der Waals surface area contributed by atoms with Crippen LogP contribution in [0.25, 0.3) is 0 Å². The molecule has 0 fully saturated rings. The molecule has 0 aromatic heterocycles. The smallest absolute Gasteiger partial charge is 0.190 e. The van der Waals surface area contributed by atoms with E-state index >= 15 is 0 Å². The lowest BCUT2D eigenvalue weighted by atomic mass is 10.2. The van der Waals surface area contributed by atoms with E-state index in [4.69, 9.17) is 0 Å². The van der Waals surface area contributed by atoms with Gasteiger partial charge in [0, 0.05) is 20.1 Å². The topological polar surface area (TPSA) is 39.7 Å². The van der Waals surface area contributed by atoms with Gasteiger partial charge in [-0.3, -0.25) is 4.99 Å². The average molecular weight is 398 g/mol. The lowest BCUT2D eigenvalue weighted by Gasteiger charge is -2.18. The molecule has 0 atom stereocenters. The van der Waals surface area contributed by atoms with Gasteiger partial charge in [0.05, 0.1) is 0 Å². The van der Waals surface area contributed by atoms with E-state index in [1.54, 1.807) is 0 Å². The molecule has 2 N–H and O–H groups in total. The van der Waals surface area contributed by atoms with Gasteiger partial charge in [-0.1, -0.05) is 33.6 Å². The van der Waals surface area contributed by atoms with Crippen molar-refractivity contribution in [3.63, 3.8) is 0 Å². The molecule has 0 aliphatic heterocycles. The number of rotatable bonds is 11. The van der Waals surface area contributed by atoms with Gasteiger partial charge >= 0.3 is 0 Å². The molecule has 0 amide bonds. The van der Waals surface area contributed by atoms with Crippen LogP contribution in [0.2, 0.25) is 0 Å². The molecular formula is C15H35IN4. The van der Waals surface area contributed by atoms with Crippen molar-refractivity contribution in [3.05, 3.63) is 0 Å². The molecule has 0 aromatic rings. The van der Waals surface area contributed by atoms with Crippen molar-refractivity contribution < 1.29 is 0 Å². The summed E-state index contributed by atoms with van der Waals surface area (Å²) in [6.07, 6.45) is 6.22. The first-order chi connectivity index (χ1) is 9.28. The number of halogens is 1. The first kappa shape index (κ1) is 22.2. The van der Waals surface area contributed by atoms with Crippen molar-refractivity contribution in [2.24, 2.45) is 4.99 Å². The second-order valence-electron chi connectivity index (χ2n) is 4.87. The Balaban J connectivity index is 0. The third-order valence-electron chi connectivity index (χ3n) is 3.38. The molecule has 0 radical (unpaired) electrons. The molecule has 0 saturated carbocycles. The van der Waals surface area contributed by atoms with E-state index < -0.39 is 0 Å². The van der Waals surface area contributed by atoms with Crippen LogP contribution in [0, 0.1) is 0 Å². The number of guanidine groups is 1. The Labute approximate surface area is 143 Å². The lowest BCUT2D eigenvalue weighted by Crippen LogP contribution is -2.38. The highest BCUT2D eigenvalue weighted by atomic mass is 127. The first-order valence-electron chi connectivity index (χ1n) is 7.95. The van der Waals surface area contributed by atoms with E-state index in [1.807, 2.05) is 7.05 Å². The second kappa shape index (κ2) is 17.0. The number of nitrogens with one attached hydrogen (secondary N) is 2. The van der Waals surface area contributed by atoms with Gasteiger partial charge in [0.2, 0.25) is 0 Å². The quantitative estimate of drug-likeness (QED) is 0.243. The fourth-order valence-corrected chi connectivity index (χ4v) is 2.01. The van der Waals surface area contributed by atoms with Crippen LogP contribution < -0.4 is 10.6 Å². The minimum atomic E-state index is 0. The molecule has 0 aliphatic rings. The summed E-state index contributed by atoms with van der Waals surface area (Å²) in [5, 5.41) is 6.73. The largest absolute Gasteiger partial charge is 0.356 e. The third kappa shape index (κ3) is 13.0. The highest BCUT2D eigenvalue weighted by Gasteiger charge is 1.99.